The Hall–Kier alpha value is -3.61. The summed E-state index contributed by atoms with van der Waals surface area (Å²) in [5, 5.41) is 2.88. The summed E-state index contributed by atoms with van der Waals surface area (Å²) in [6.45, 7) is 0.753. The highest BCUT2D eigenvalue weighted by Crippen LogP contribution is 2.17. The molecule has 0 fully saturated rings. The maximum absolute atomic E-state index is 13.8. The van der Waals surface area contributed by atoms with Crippen LogP contribution in [-0.4, -0.2) is 22.0 Å². The number of rotatable bonds is 7. The van der Waals surface area contributed by atoms with Crippen molar-refractivity contribution >= 4 is 22.5 Å². The first-order valence-corrected chi connectivity index (χ1v) is 9.75. The molecule has 0 aliphatic heterocycles. The lowest BCUT2D eigenvalue weighted by Gasteiger charge is -2.13. The number of amides is 1. The Labute approximate surface area is 172 Å². The summed E-state index contributed by atoms with van der Waals surface area (Å²) in [7, 11) is 1.61. The lowest BCUT2D eigenvalue weighted by molar-refractivity contribution is -0.121. The van der Waals surface area contributed by atoms with E-state index in [9.17, 15) is 14.0 Å². The summed E-state index contributed by atoms with van der Waals surface area (Å²) < 4.78 is 22.3. The second-order valence-electron chi connectivity index (χ2n) is 7.08. The van der Waals surface area contributed by atoms with E-state index in [0.29, 0.717) is 30.5 Å². The van der Waals surface area contributed by atoms with Crippen LogP contribution in [0, 0.1) is 5.82 Å². The van der Waals surface area contributed by atoms with Crippen LogP contribution in [0.15, 0.2) is 65.6 Å². The standard InChI is InChI=1S/C23H22FN3O3/c1-30-18-9-6-16(7-10-18)15-25-22(28)5-3-13-27-21-14-17(24)8-11-19(21)26-12-2-4-20(26)23(27)29/h2,4,6-12,14H,3,5,13,15H2,1H3,(H,25,28). The predicted octanol–water partition coefficient (Wildman–Crippen LogP) is 3.50. The van der Waals surface area contributed by atoms with E-state index >= 15 is 0 Å². The Kier molecular flexibility index (Phi) is 5.52. The minimum atomic E-state index is -0.403. The summed E-state index contributed by atoms with van der Waals surface area (Å²) in [5.74, 6) is 0.261. The van der Waals surface area contributed by atoms with Crippen molar-refractivity contribution in [1.29, 1.82) is 0 Å². The number of halogens is 1. The van der Waals surface area contributed by atoms with Gasteiger partial charge in [0.2, 0.25) is 5.91 Å². The zero-order valence-corrected chi connectivity index (χ0v) is 16.6. The number of hydrogen-bond donors (Lipinski definition) is 1. The first kappa shape index (κ1) is 19.7. The van der Waals surface area contributed by atoms with E-state index in [2.05, 4.69) is 5.32 Å². The topological polar surface area (TPSA) is 64.7 Å². The third-order valence-corrected chi connectivity index (χ3v) is 5.14. The van der Waals surface area contributed by atoms with Crippen LogP contribution in [0.25, 0.3) is 16.6 Å². The van der Waals surface area contributed by atoms with E-state index < -0.39 is 5.82 Å². The van der Waals surface area contributed by atoms with Crippen LogP contribution in [0.4, 0.5) is 4.39 Å². The van der Waals surface area contributed by atoms with Crippen molar-refractivity contribution in [3.8, 4) is 5.75 Å². The molecular weight excluding hydrogens is 385 g/mol. The molecule has 0 bridgehead atoms. The molecule has 2 aromatic carbocycles. The van der Waals surface area contributed by atoms with Gasteiger partial charge in [0.25, 0.3) is 5.56 Å². The molecule has 0 aliphatic rings. The number of fused-ring (bicyclic) bond motifs is 3. The molecule has 0 saturated heterocycles. The molecule has 1 N–H and O–H groups in total. The molecule has 4 aromatic rings. The van der Waals surface area contributed by atoms with Gasteiger partial charge in [-0.15, -0.1) is 0 Å². The molecule has 7 heteroatoms. The van der Waals surface area contributed by atoms with E-state index in [1.165, 1.54) is 12.1 Å². The van der Waals surface area contributed by atoms with E-state index in [-0.39, 0.29) is 17.9 Å². The average molecular weight is 407 g/mol. The van der Waals surface area contributed by atoms with Crippen LogP contribution in [0.5, 0.6) is 5.75 Å². The third kappa shape index (κ3) is 3.91. The van der Waals surface area contributed by atoms with Gasteiger partial charge in [-0.3, -0.25) is 9.59 Å². The van der Waals surface area contributed by atoms with Crippen molar-refractivity contribution in [3.63, 3.8) is 0 Å². The maximum Gasteiger partial charge on any atom is 0.275 e. The van der Waals surface area contributed by atoms with Crippen molar-refractivity contribution in [2.45, 2.75) is 25.9 Å². The maximum atomic E-state index is 13.8. The van der Waals surface area contributed by atoms with Crippen LogP contribution in [0.2, 0.25) is 0 Å². The predicted molar refractivity (Wildman–Crippen MR) is 113 cm³/mol. The molecule has 6 nitrogen and oxygen atoms in total. The molecule has 4 rings (SSSR count). The fourth-order valence-electron chi connectivity index (χ4n) is 3.58. The number of methoxy groups -OCH3 is 1. The zero-order chi connectivity index (χ0) is 21.1. The quantitative estimate of drug-likeness (QED) is 0.510. The molecule has 2 aromatic heterocycles. The number of ether oxygens (including phenoxy) is 1. The number of hydrogen-bond acceptors (Lipinski definition) is 3. The van der Waals surface area contributed by atoms with Crippen molar-refractivity contribution in [2.75, 3.05) is 7.11 Å². The van der Waals surface area contributed by atoms with Gasteiger partial charge < -0.3 is 19.0 Å². The highest BCUT2D eigenvalue weighted by molar-refractivity contribution is 5.79. The lowest BCUT2D eigenvalue weighted by Crippen LogP contribution is -2.25. The van der Waals surface area contributed by atoms with Gasteiger partial charge in [0.05, 0.1) is 18.1 Å². The fourth-order valence-corrected chi connectivity index (χ4v) is 3.58. The summed E-state index contributed by atoms with van der Waals surface area (Å²) in [6, 6.07) is 15.4. The summed E-state index contributed by atoms with van der Waals surface area (Å²) in [5.41, 5.74) is 2.57. The summed E-state index contributed by atoms with van der Waals surface area (Å²) >= 11 is 0. The van der Waals surface area contributed by atoms with Crippen LogP contribution >= 0.6 is 0 Å². The number of carbonyl (C=O) groups excluding carboxylic acids is 1. The first-order valence-electron chi connectivity index (χ1n) is 9.75. The van der Waals surface area contributed by atoms with Crippen molar-refractivity contribution in [1.82, 2.24) is 14.3 Å². The van der Waals surface area contributed by atoms with Crippen LogP contribution in [0.3, 0.4) is 0 Å². The van der Waals surface area contributed by atoms with E-state index in [0.717, 1.165) is 16.8 Å². The lowest BCUT2D eigenvalue weighted by atomic mass is 10.2. The summed E-state index contributed by atoms with van der Waals surface area (Å²) in [4.78, 5) is 25.1. The van der Waals surface area contributed by atoms with Gasteiger partial charge in [0.15, 0.2) is 0 Å². The largest absolute Gasteiger partial charge is 0.497 e. The Morgan fingerprint density at radius 3 is 2.63 bits per heavy atom. The van der Waals surface area contributed by atoms with Gasteiger partial charge in [0.1, 0.15) is 17.1 Å². The van der Waals surface area contributed by atoms with Gasteiger partial charge in [-0.1, -0.05) is 12.1 Å². The smallest absolute Gasteiger partial charge is 0.275 e. The molecule has 30 heavy (non-hydrogen) atoms. The Morgan fingerprint density at radius 1 is 1.07 bits per heavy atom. The van der Waals surface area contributed by atoms with Gasteiger partial charge in [-0.2, -0.15) is 0 Å². The molecular formula is C23H22FN3O3. The van der Waals surface area contributed by atoms with Crippen LogP contribution < -0.4 is 15.6 Å². The molecule has 0 atom stereocenters. The number of aryl methyl sites for hydroxylation is 1. The second-order valence-corrected chi connectivity index (χ2v) is 7.08. The molecule has 0 aliphatic carbocycles. The molecule has 1 amide bonds. The normalized spacial score (nSPS) is 11.1. The monoisotopic (exact) mass is 407 g/mol. The van der Waals surface area contributed by atoms with Crippen LogP contribution in [-0.2, 0) is 17.9 Å². The minimum Gasteiger partial charge on any atom is -0.497 e. The third-order valence-electron chi connectivity index (χ3n) is 5.14. The van der Waals surface area contributed by atoms with E-state index in [1.807, 2.05) is 24.3 Å². The van der Waals surface area contributed by atoms with Gasteiger partial charge in [-0.05, 0) is 54.4 Å². The molecule has 2 heterocycles. The highest BCUT2D eigenvalue weighted by atomic mass is 19.1. The second kappa shape index (κ2) is 8.41. The number of nitrogens with zero attached hydrogens (tertiary/aromatic N) is 2. The SMILES string of the molecule is COc1ccc(CNC(=O)CCCn2c(=O)c3cccn3c3ccc(F)cc32)cc1. The zero-order valence-electron chi connectivity index (χ0n) is 16.6. The number of benzene rings is 2. The molecule has 0 unspecified atom stereocenters. The Bertz CT molecular complexity index is 1260. The van der Waals surface area contributed by atoms with Crippen molar-refractivity contribution < 1.29 is 13.9 Å². The Balaban J connectivity index is 1.44. The van der Waals surface area contributed by atoms with E-state index in [1.54, 1.807) is 40.5 Å². The van der Waals surface area contributed by atoms with Crippen molar-refractivity contribution in [2.24, 2.45) is 0 Å². The van der Waals surface area contributed by atoms with Gasteiger partial charge in [-0.25, -0.2) is 4.39 Å². The fraction of sp³-hybridized carbons (Fsp3) is 0.217. The first-order chi connectivity index (χ1) is 14.6. The highest BCUT2D eigenvalue weighted by Gasteiger charge is 2.12. The Morgan fingerprint density at radius 2 is 1.87 bits per heavy atom. The average Bonchev–Trinajstić information content (AvgIpc) is 3.25. The number of carbonyl (C=O) groups is 1. The summed E-state index contributed by atoms with van der Waals surface area (Å²) in [6.07, 6.45) is 2.52. The molecule has 154 valence electrons. The number of nitrogens with one attached hydrogen (secondary N) is 1. The minimum absolute atomic E-state index is 0.0990. The van der Waals surface area contributed by atoms with Gasteiger partial charge >= 0.3 is 0 Å². The molecule has 0 radical (unpaired) electrons. The molecule has 0 saturated carbocycles. The molecule has 0 spiro atoms. The number of aromatic nitrogens is 2. The van der Waals surface area contributed by atoms with Crippen LogP contribution in [0.1, 0.15) is 18.4 Å². The van der Waals surface area contributed by atoms with Crippen molar-refractivity contribution in [3.05, 3.63) is 82.5 Å². The van der Waals surface area contributed by atoms with Gasteiger partial charge in [0, 0.05) is 25.7 Å². The van der Waals surface area contributed by atoms with E-state index in [4.69, 9.17) is 4.74 Å².